The van der Waals surface area contributed by atoms with Gasteiger partial charge >= 0.3 is 0 Å². The number of hydrogen-bond acceptors (Lipinski definition) is 6. The summed E-state index contributed by atoms with van der Waals surface area (Å²) in [5, 5.41) is 13.6. The molecule has 162 valence electrons. The zero-order valence-corrected chi connectivity index (χ0v) is 17.7. The van der Waals surface area contributed by atoms with Crippen LogP contribution >= 0.6 is 0 Å². The Labute approximate surface area is 180 Å². The van der Waals surface area contributed by atoms with Crippen molar-refractivity contribution < 1.29 is 9.72 Å². The average molecular weight is 422 g/mol. The predicted octanol–water partition coefficient (Wildman–Crippen LogP) is 2.87. The van der Waals surface area contributed by atoms with E-state index in [1.165, 1.54) is 24.3 Å². The Balaban J connectivity index is 1.46. The Hall–Kier alpha value is -3.30. The van der Waals surface area contributed by atoms with E-state index in [2.05, 4.69) is 26.6 Å². The minimum atomic E-state index is -0.488. The Kier molecular flexibility index (Phi) is 5.97. The number of nitrogens with zero attached hydrogens (tertiary/aromatic N) is 5. The Morgan fingerprint density at radius 1 is 1.10 bits per heavy atom. The van der Waals surface area contributed by atoms with Crippen molar-refractivity contribution in [2.45, 2.75) is 13.5 Å². The molecule has 9 nitrogen and oxygen atoms in total. The zero-order valence-electron chi connectivity index (χ0n) is 17.7. The maximum atomic E-state index is 12.5. The van der Waals surface area contributed by atoms with Crippen LogP contribution in [-0.4, -0.2) is 62.9 Å². The number of amides is 1. The highest BCUT2D eigenvalue weighted by molar-refractivity contribution is 6.05. The number of imidazole rings is 1. The second-order valence-electron chi connectivity index (χ2n) is 7.76. The first-order valence-electron chi connectivity index (χ1n) is 10.4. The number of carbonyl (C=O) groups excluding carboxylic acids is 1. The lowest BCUT2D eigenvalue weighted by Crippen LogP contribution is -2.45. The fourth-order valence-electron chi connectivity index (χ4n) is 3.87. The molecular formula is C22H26N6O3. The lowest BCUT2D eigenvalue weighted by Gasteiger charge is -2.33. The van der Waals surface area contributed by atoms with Crippen molar-refractivity contribution in [1.29, 1.82) is 0 Å². The van der Waals surface area contributed by atoms with E-state index in [0.29, 0.717) is 11.3 Å². The number of nitro benzene ring substituents is 1. The number of rotatable bonds is 6. The molecule has 9 heteroatoms. The van der Waals surface area contributed by atoms with Gasteiger partial charge in [-0.25, -0.2) is 4.98 Å². The number of aromatic nitrogens is 2. The molecular weight excluding hydrogens is 396 g/mol. The number of likely N-dealkylation sites (N-methyl/N-ethyl adjacent to an activating group) is 1. The molecule has 0 radical (unpaired) electrons. The van der Waals surface area contributed by atoms with Gasteiger partial charge in [-0.2, -0.15) is 0 Å². The normalized spacial score (nSPS) is 15.3. The summed E-state index contributed by atoms with van der Waals surface area (Å²) in [6.07, 6.45) is 0. The first-order chi connectivity index (χ1) is 14.9. The first-order valence-corrected chi connectivity index (χ1v) is 10.4. The number of nitro groups is 1. The molecule has 0 bridgehead atoms. The van der Waals surface area contributed by atoms with E-state index in [-0.39, 0.29) is 11.6 Å². The maximum absolute atomic E-state index is 12.5. The molecule has 0 atom stereocenters. The molecule has 0 spiro atoms. The minimum Gasteiger partial charge on any atom is -0.330 e. The van der Waals surface area contributed by atoms with Gasteiger partial charge in [0.1, 0.15) is 5.82 Å². The lowest BCUT2D eigenvalue weighted by molar-refractivity contribution is -0.384. The highest BCUT2D eigenvalue weighted by Crippen LogP contribution is 2.22. The second kappa shape index (κ2) is 8.83. The largest absolute Gasteiger partial charge is 0.330 e. The number of aryl methyl sites for hydroxylation is 1. The van der Waals surface area contributed by atoms with Crippen LogP contribution in [0.4, 0.5) is 11.4 Å². The van der Waals surface area contributed by atoms with E-state index in [1.54, 1.807) is 0 Å². The van der Waals surface area contributed by atoms with Crippen LogP contribution in [0, 0.1) is 10.1 Å². The molecule has 1 aliphatic rings. The molecule has 0 aliphatic carbocycles. The highest BCUT2D eigenvalue weighted by atomic mass is 16.6. The number of nitrogens with one attached hydrogen (secondary N) is 1. The number of fused-ring (bicyclic) bond motifs is 1. The summed E-state index contributed by atoms with van der Waals surface area (Å²) in [6, 6.07) is 11.2. The van der Waals surface area contributed by atoms with Crippen LogP contribution < -0.4 is 5.32 Å². The Morgan fingerprint density at radius 2 is 1.77 bits per heavy atom. The number of hydrogen-bond donors (Lipinski definition) is 1. The van der Waals surface area contributed by atoms with Crippen LogP contribution in [0.15, 0.2) is 42.5 Å². The SMILES string of the molecule is CCN1CCN(Cc2nc3cc(NC(=O)c4ccc([N+](=O)[O-])cc4)ccc3n2C)CC1. The van der Waals surface area contributed by atoms with Crippen molar-refractivity contribution in [1.82, 2.24) is 19.4 Å². The third-order valence-corrected chi connectivity index (χ3v) is 5.85. The van der Waals surface area contributed by atoms with Gasteiger partial charge in [0, 0.05) is 56.6 Å². The van der Waals surface area contributed by atoms with Crippen molar-refractivity contribution >= 4 is 28.3 Å². The van der Waals surface area contributed by atoms with Crippen molar-refractivity contribution in [2.75, 3.05) is 38.0 Å². The van der Waals surface area contributed by atoms with Crippen molar-refractivity contribution in [3.05, 3.63) is 64.0 Å². The molecule has 0 unspecified atom stereocenters. The van der Waals surface area contributed by atoms with Gasteiger partial charge in [-0.15, -0.1) is 0 Å². The second-order valence-corrected chi connectivity index (χ2v) is 7.76. The Bertz CT molecular complexity index is 1100. The molecule has 4 rings (SSSR count). The fraction of sp³-hybridized carbons (Fsp3) is 0.364. The molecule has 1 aliphatic heterocycles. The van der Waals surface area contributed by atoms with Gasteiger partial charge in [-0.1, -0.05) is 6.92 Å². The van der Waals surface area contributed by atoms with E-state index < -0.39 is 4.92 Å². The van der Waals surface area contributed by atoms with Gasteiger partial charge in [0.05, 0.1) is 22.5 Å². The number of non-ortho nitro benzene ring substituents is 1. The van der Waals surface area contributed by atoms with Crippen LogP contribution in [0.3, 0.4) is 0 Å². The lowest BCUT2D eigenvalue weighted by atomic mass is 10.2. The van der Waals surface area contributed by atoms with Gasteiger partial charge in [0.15, 0.2) is 0 Å². The smallest absolute Gasteiger partial charge is 0.269 e. The third-order valence-electron chi connectivity index (χ3n) is 5.85. The van der Waals surface area contributed by atoms with Crippen LogP contribution in [0.25, 0.3) is 11.0 Å². The molecule has 1 amide bonds. The van der Waals surface area contributed by atoms with Gasteiger partial charge in [-0.3, -0.25) is 19.8 Å². The summed E-state index contributed by atoms with van der Waals surface area (Å²) in [6.45, 7) is 8.32. The van der Waals surface area contributed by atoms with E-state index in [4.69, 9.17) is 4.98 Å². The predicted molar refractivity (Wildman–Crippen MR) is 119 cm³/mol. The molecule has 3 aromatic rings. The molecule has 1 aromatic heterocycles. The van der Waals surface area contributed by atoms with Crippen molar-refractivity contribution in [2.24, 2.45) is 7.05 Å². The topological polar surface area (TPSA) is 96.5 Å². The van der Waals surface area contributed by atoms with Crippen LogP contribution in [0.1, 0.15) is 23.1 Å². The fourth-order valence-corrected chi connectivity index (χ4v) is 3.87. The Morgan fingerprint density at radius 3 is 2.42 bits per heavy atom. The summed E-state index contributed by atoms with van der Waals surface area (Å²) in [5.74, 6) is 0.679. The van der Waals surface area contributed by atoms with Gasteiger partial charge in [0.2, 0.25) is 0 Å². The highest BCUT2D eigenvalue weighted by Gasteiger charge is 2.18. The quantitative estimate of drug-likeness (QED) is 0.485. The van der Waals surface area contributed by atoms with Crippen molar-refractivity contribution in [3.8, 4) is 0 Å². The average Bonchev–Trinajstić information content (AvgIpc) is 3.08. The first kappa shape index (κ1) is 21.0. The number of carbonyl (C=O) groups is 1. The third kappa shape index (κ3) is 4.57. The van der Waals surface area contributed by atoms with Gasteiger partial charge in [0.25, 0.3) is 11.6 Å². The number of piperazine rings is 1. The molecule has 1 fully saturated rings. The van der Waals surface area contributed by atoms with E-state index >= 15 is 0 Å². The summed E-state index contributed by atoms with van der Waals surface area (Å²) < 4.78 is 2.10. The van der Waals surface area contributed by atoms with Crippen molar-refractivity contribution in [3.63, 3.8) is 0 Å². The minimum absolute atomic E-state index is 0.0462. The summed E-state index contributed by atoms with van der Waals surface area (Å²) in [7, 11) is 2.02. The van der Waals surface area contributed by atoms with Crippen LogP contribution in [0.2, 0.25) is 0 Å². The standard InChI is InChI=1S/C22H26N6O3/c1-3-26-10-12-27(13-11-26)15-21-24-19-14-17(6-9-20(19)25(21)2)23-22(29)16-4-7-18(8-5-16)28(30)31/h4-9,14H,3,10-13,15H2,1-2H3,(H,23,29). The summed E-state index contributed by atoms with van der Waals surface area (Å²) >= 11 is 0. The zero-order chi connectivity index (χ0) is 22.0. The van der Waals surface area contributed by atoms with Crippen LogP contribution in [0.5, 0.6) is 0 Å². The molecule has 1 N–H and O–H groups in total. The molecule has 2 heterocycles. The number of benzene rings is 2. The molecule has 0 saturated carbocycles. The molecule has 2 aromatic carbocycles. The van der Waals surface area contributed by atoms with E-state index in [9.17, 15) is 14.9 Å². The van der Waals surface area contributed by atoms with Gasteiger partial charge in [-0.05, 0) is 36.9 Å². The number of anilines is 1. The van der Waals surface area contributed by atoms with Crippen LogP contribution in [-0.2, 0) is 13.6 Å². The summed E-state index contributed by atoms with van der Waals surface area (Å²) in [4.78, 5) is 32.5. The van der Waals surface area contributed by atoms with E-state index in [1.807, 2.05) is 25.2 Å². The maximum Gasteiger partial charge on any atom is 0.269 e. The van der Waals surface area contributed by atoms with Gasteiger partial charge < -0.3 is 14.8 Å². The summed E-state index contributed by atoms with van der Waals surface area (Å²) in [5.41, 5.74) is 2.78. The molecule has 31 heavy (non-hydrogen) atoms. The van der Waals surface area contributed by atoms with E-state index in [0.717, 1.165) is 56.1 Å². The molecule has 1 saturated heterocycles. The monoisotopic (exact) mass is 422 g/mol.